The maximum Gasteiger partial charge on any atom is 0.317 e. The van der Waals surface area contributed by atoms with Crippen molar-refractivity contribution in [1.82, 2.24) is 20.1 Å². The van der Waals surface area contributed by atoms with E-state index in [4.69, 9.17) is 5.73 Å². The van der Waals surface area contributed by atoms with Crippen LogP contribution < -0.4 is 11.1 Å². The molecule has 0 radical (unpaired) electrons. The van der Waals surface area contributed by atoms with Gasteiger partial charge >= 0.3 is 6.03 Å². The maximum absolute atomic E-state index is 11.6. The van der Waals surface area contributed by atoms with Crippen LogP contribution in [0.15, 0.2) is 6.20 Å². The van der Waals surface area contributed by atoms with Crippen LogP contribution in [-0.4, -0.2) is 53.5 Å². The van der Waals surface area contributed by atoms with Gasteiger partial charge in [-0.1, -0.05) is 0 Å². The van der Waals surface area contributed by atoms with Gasteiger partial charge in [0.05, 0.1) is 0 Å². The van der Waals surface area contributed by atoms with Gasteiger partial charge in [-0.15, -0.1) is 11.3 Å². The summed E-state index contributed by atoms with van der Waals surface area (Å²) in [7, 11) is 0. The summed E-state index contributed by atoms with van der Waals surface area (Å²) in [4.78, 5) is 21.0. The Morgan fingerprint density at radius 3 is 2.78 bits per heavy atom. The molecule has 18 heavy (non-hydrogen) atoms. The zero-order chi connectivity index (χ0) is 13.0. The summed E-state index contributed by atoms with van der Waals surface area (Å²) < 4.78 is 0. The molecule has 0 bridgehead atoms. The standard InChI is InChI=1S/C11H19N5OS/c1-2-13-11(17)16-5-3-15(4-6-16)8-9-7-14-10(12)18-9/h7H,2-6,8H2,1H3,(H2,12,14)(H,13,17). The van der Waals surface area contributed by atoms with E-state index in [1.807, 2.05) is 18.0 Å². The third kappa shape index (κ3) is 3.33. The average molecular weight is 269 g/mol. The first kappa shape index (κ1) is 13.1. The molecule has 1 fully saturated rings. The molecule has 1 aromatic rings. The number of urea groups is 1. The average Bonchev–Trinajstić information content (AvgIpc) is 2.76. The molecule has 0 aromatic carbocycles. The van der Waals surface area contributed by atoms with Crippen LogP contribution in [-0.2, 0) is 6.54 Å². The topological polar surface area (TPSA) is 74.5 Å². The molecule has 0 saturated carbocycles. The van der Waals surface area contributed by atoms with Crippen molar-refractivity contribution in [2.75, 3.05) is 38.5 Å². The number of nitrogens with zero attached hydrogens (tertiary/aromatic N) is 3. The SMILES string of the molecule is CCNC(=O)N1CCN(Cc2cnc(N)s2)CC1. The molecule has 2 heterocycles. The molecule has 3 N–H and O–H groups in total. The van der Waals surface area contributed by atoms with E-state index in [-0.39, 0.29) is 6.03 Å². The normalized spacial score (nSPS) is 16.8. The third-order valence-corrected chi connectivity index (χ3v) is 3.75. The molecule has 0 aliphatic carbocycles. The number of piperazine rings is 1. The van der Waals surface area contributed by atoms with Gasteiger partial charge in [0.1, 0.15) is 0 Å². The van der Waals surface area contributed by atoms with Gasteiger partial charge in [0.2, 0.25) is 0 Å². The van der Waals surface area contributed by atoms with Crippen molar-refractivity contribution >= 4 is 22.5 Å². The molecule has 6 nitrogen and oxygen atoms in total. The number of rotatable bonds is 3. The summed E-state index contributed by atoms with van der Waals surface area (Å²) in [6.07, 6.45) is 1.83. The van der Waals surface area contributed by atoms with E-state index >= 15 is 0 Å². The Balaban J connectivity index is 1.78. The Labute approximate surface area is 111 Å². The minimum Gasteiger partial charge on any atom is -0.375 e. The van der Waals surface area contributed by atoms with Gasteiger partial charge in [-0.3, -0.25) is 4.90 Å². The van der Waals surface area contributed by atoms with Gasteiger partial charge in [0.15, 0.2) is 5.13 Å². The number of carbonyl (C=O) groups is 1. The summed E-state index contributed by atoms with van der Waals surface area (Å²) in [6.45, 7) is 6.84. The number of anilines is 1. The zero-order valence-electron chi connectivity index (χ0n) is 10.6. The van der Waals surface area contributed by atoms with Crippen LogP contribution in [0, 0.1) is 0 Å². The maximum atomic E-state index is 11.6. The van der Waals surface area contributed by atoms with E-state index in [1.165, 1.54) is 16.2 Å². The smallest absolute Gasteiger partial charge is 0.317 e. The molecule has 1 aliphatic heterocycles. The zero-order valence-corrected chi connectivity index (χ0v) is 11.4. The van der Waals surface area contributed by atoms with Crippen LogP contribution in [0.4, 0.5) is 9.93 Å². The molecular weight excluding hydrogens is 250 g/mol. The molecule has 1 saturated heterocycles. The lowest BCUT2D eigenvalue weighted by atomic mass is 10.3. The van der Waals surface area contributed by atoms with Crippen molar-refractivity contribution < 1.29 is 4.79 Å². The van der Waals surface area contributed by atoms with Crippen LogP contribution in [0.5, 0.6) is 0 Å². The molecule has 0 atom stereocenters. The molecular formula is C11H19N5OS. The van der Waals surface area contributed by atoms with Crippen molar-refractivity contribution in [1.29, 1.82) is 0 Å². The highest BCUT2D eigenvalue weighted by Gasteiger charge is 2.20. The summed E-state index contributed by atoms with van der Waals surface area (Å²) in [6, 6.07) is 0.0409. The van der Waals surface area contributed by atoms with Crippen molar-refractivity contribution in [3.05, 3.63) is 11.1 Å². The van der Waals surface area contributed by atoms with E-state index in [0.29, 0.717) is 11.7 Å². The highest BCUT2D eigenvalue weighted by atomic mass is 32.1. The van der Waals surface area contributed by atoms with Crippen molar-refractivity contribution in [2.45, 2.75) is 13.5 Å². The number of hydrogen-bond acceptors (Lipinski definition) is 5. The molecule has 100 valence electrons. The van der Waals surface area contributed by atoms with Gasteiger partial charge in [0.25, 0.3) is 0 Å². The van der Waals surface area contributed by atoms with Crippen LogP contribution in [0.3, 0.4) is 0 Å². The third-order valence-electron chi connectivity index (χ3n) is 2.94. The number of thiazole rings is 1. The minimum atomic E-state index is 0.0409. The molecule has 0 spiro atoms. The van der Waals surface area contributed by atoms with Gasteiger partial charge < -0.3 is 16.0 Å². The fraction of sp³-hybridized carbons (Fsp3) is 0.636. The second kappa shape index (κ2) is 6.01. The van der Waals surface area contributed by atoms with E-state index < -0.39 is 0 Å². The molecule has 1 aliphatic rings. The van der Waals surface area contributed by atoms with Crippen LogP contribution in [0.2, 0.25) is 0 Å². The number of hydrogen-bond donors (Lipinski definition) is 2. The molecule has 2 rings (SSSR count). The first-order valence-corrected chi connectivity index (χ1v) is 6.96. The Bertz CT molecular complexity index is 400. The number of nitrogens with one attached hydrogen (secondary N) is 1. The van der Waals surface area contributed by atoms with Crippen LogP contribution in [0.25, 0.3) is 0 Å². The largest absolute Gasteiger partial charge is 0.375 e. The van der Waals surface area contributed by atoms with Gasteiger partial charge in [-0.2, -0.15) is 0 Å². The summed E-state index contributed by atoms with van der Waals surface area (Å²) in [5.41, 5.74) is 5.61. The molecule has 0 unspecified atom stereocenters. The molecule has 7 heteroatoms. The van der Waals surface area contributed by atoms with Crippen molar-refractivity contribution in [2.24, 2.45) is 0 Å². The van der Waals surface area contributed by atoms with Gasteiger partial charge in [-0.25, -0.2) is 9.78 Å². The predicted molar refractivity (Wildman–Crippen MR) is 72.4 cm³/mol. The van der Waals surface area contributed by atoms with E-state index in [1.54, 1.807) is 0 Å². The van der Waals surface area contributed by atoms with Gasteiger partial charge in [0, 0.05) is 50.3 Å². The number of aromatic nitrogens is 1. The van der Waals surface area contributed by atoms with Crippen molar-refractivity contribution in [3.8, 4) is 0 Å². The van der Waals surface area contributed by atoms with E-state index in [9.17, 15) is 4.79 Å². The minimum absolute atomic E-state index is 0.0409. The summed E-state index contributed by atoms with van der Waals surface area (Å²) in [5.74, 6) is 0. The predicted octanol–water partition coefficient (Wildman–Crippen LogP) is 0.572. The van der Waals surface area contributed by atoms with E-state index in [2.05, 4.69) is 15.2 Å². The molecule has 2 amide bonds. The summed E-state index contributed by atoms with van der Waals surface area (Å²) in [5, 5.41) is 3.44. The fourth-order valence-electron chi connectivity index (χ4n) is 1.99. The lowest BCUT2D eigenvalue weighted by molar-refractivity contribution is 0.136. The fourth-order valence-corrected chi connectivity index (χ4v) is 2.71. The number of amides is 2. The number of nitrogen functional groups attached to an aromatic ring is 1. The summed E-state index contributed by atoms with van der Waals surface area (Å²) >= 11 is 1.53. The van der Waals surface area contributed by atoms with E-state index in [0.717, 1.165) is 32.7 Å². The van der Waals surface area contributed by atoms with Gasteiger partial charge in [-0.05, 0) is 6.92 Å². The first-order valence-electron chi connectivity index (χ1n) is 6.14. The Morgan fingerprint density at radius 2 is 2.22 bits per heavy atom. The first-order chi connectivity index (χ1) is 8.69. The highest BCUT2D eigenvalue weighted by Crippen LogP contribution is 2.17. The lowest BCUT2D eigenvalue weighted by Crippen LogP contribution is -2.51. The Morgan fingerprint density at radius 1 is 1.50 bits per heavy atom. The lowest BCUT2D eigenvalue weighted by Gasteiger charge is -2.34. The Kier molecular flexibility index (Phi) is 4.38. The Hall–Kier alpha value is -1.34. The molecule has 1 aromatic heterocycles. The van der Waals surface area contributed by atoms with Crippen LogP contribution >= 0.6 is 11.3 Å². The quantitative estimate of drug-likeness (QED) is 0.841. The second-order valence-corrected chi connectivity index (χ2v) is 5.41. The number of nitrogens with two attached hydrogens (primary N) is 1. The highest BCUT2D eigenvalue weighted by molar-refractivity contribution is 7.15. The number of carbonyl (C=O) groups excluding carboxylic acids is 1. The monoisotopic (exact) mass is 269 g/mol. The van der Waals surface area contributed by atoms with Crippen molar-refractivity contribution in [3.63, 3.8) is 0 Å². The van der Waals surface area contributed by atoms with Crippen LogP contribution in [0.1, 0.15) is 11.8 Å². The second-order valence-electron chi connectivity index (χ2n) is 4.26.